The first kappa shape index (κ1) is 13.8. The second kappa shape index (κ2) is 5.29. The van der Waals surface area contributed by atoms with Gasteiger partial charge in [-0.1, -0.05) is 34.1 Å². The zero-order chi connectivity index (χ0) is 15.0. The van der Waals surface area contributed by atoms with E-state index in [1.54, 1.807) is 32.1 Å². The van der Waals surface area contributed by atoms with Crippen LogP contribution in [0.4, 0.5) is 5.69 Å². The van der Waals surface area contributed by atoms with Crippen molar-refractivity contribution < 1.29 is 9.90 Å². The van der Waals surface area contributed by atoms with Crippen LogP contribution in [-0.2, 0) is 0 Å². The van der Waals surface area contributed by atoms with Gasteiger partial charge in [-0.15, -0.1) is 0 Å². The molecular weight excluding hydrogens is 331 g/mol. The van der Waals surface area contributed by atoms with Gasteiger partial charge in [0.25, 0.3) is 5.91 Å². The molecule has 0 unspecified atom stereocenters. The molecule has 3 aromatic rings. The normalized spacial score (nSPS) is 10.7. The van der Waals surface area contributed by atoms with E-state index in [-0.39, 0.29) is 11.7 Å². The zero-order valence-electron chi connectivity index (χ0n) is 11.3. The van der Waals surface area contributed by atoms with Crippen LogP contribution in [0, 0.1) is 0 Å². The largest absolute Gasteiger partial charge is 0.506 e. The summed E-state index contributed by atoms with van der Waals surface area (Å²) in [6.45, 7) is 0. The number of H-pyrrole nitrogens is 1. The number of carbonyl (C=O) groups excluding carboxylic acids is 1. The van der Waals surface area contributed by atoms with Crippen LogP contribution in [0.5, 0.6) is 5.75 Å². The maximum Gasteiger partial charge on any atom is 0.272 e. The van der Waals surface area contributed by atoms with Gasteiger partial charge in [0.15, 0.2) is 0 Å². The molecule has 0 aliphatic heterocycles. The third-order valence-electron chi connectivity index (χ3n) is 3.32. The Morgan fingerprint density at radius 1 is 1.24 bits per heavy atom. The van der Waals surface area contributed by atoms with E-state index in [9.17, 15) is 9.90 Å². The number of aromatic nitrogens is 1. The number of carbonyl (C=O) groups is 1. The van der Waals surface area contributed by atoms with Crippen molar-refractivity contribution in [3.63, 3.8) is 0 Å². The minimum absolute atomic E-state index is 0.0877. The van der Waals surface area contributed by atoms with Gasteiger partial charge in [-0.25, -0.2) is 0 Å². The summed E-state index contributed by atoms with van der Waals surface area (Å²) in [4.78, 5) is 15.3. The van der Waals surface area contributed by atoms with Gasteiger partial charge in [0.1, 0.15) is 19.3 Å². The number of aromatic hydroxyl groups is 1. The van der Waals surface area contributed by atoms with E-state index >= 15 is 0 Å². The standard InChI is InChI=1S/C15H12BBrN2O2/c16-10-2-1-3-11(14(10)20)19-15(21)13-6-8-4-5-9(17)7-12(8)18-13/h1-7,18,20H,16H2,(H,19,21). The summed E-state index contributed by atoms with van der Waals surface area (Å²) >= 11 is 3.40. The second-order valence-corrected chi connectivity index (χ2v) is 5.76. The van der Waals surface area contributed by atoms with Crippen LogP contribution in [0.25, 0.3) is 10.9 Å². The molecule has 0 atom stereocenters. The van der Waals surface area contributed by atoms with Gasteiger partial charge < -0.3 is 15.4 Å². The molecule has 1 amide bonds. The van der Waals surface area contributed by atoms with Crippen LogP contribution in [0.1, 0.15) is 10.5 Å². The summed E-state index contributed by atoms with van der Waals surface area (Å²) in [6.07, 6.45) is 0. The molecule has 3 rings (SSSR count). The average Bonchev–Trinajstić information content (AvgIpc) is 2.87. The Morgan fingerprint density at radius 2 is 2.05 bits per heavy atom. The van der Waals surface area contributed by atoms with Crippen LogP contribution in [0.2, 0.25) is 0 Å². The Kier molecular flexibility index (Phi) is 3.47. The van der Waals surface area contributed by atoms with Gasteiger partial charge in [-0.3, -0.25) is 4.79 Å². The number of phenolic OH excluding ortho intramolecular Hbond substituents is 1. The quantitative estimate of drug-likeness (QED) is 0.493. The van der Waals surface area contributed by atoms with Gasteiger partial charge >= 0.3 is 0 Å². The van der Waals surface area contributed by atoms with Crippen LogP contribution in [0.3, 0.4) is 0 Å². The fourth-order valence-corrected chi connectivity index (χ4v) is 2.53. The minimum Gasteiger partial charge on any atom is -0.506 e. The van der Waals surface area contributed by atoms with E-state index in [0.29, 0.717) is 16.8 Å². The molecule has 0 saturated heterocycles. The van der Waals surface area contributed by atoms with Crippen LogP contribution in [0.15, 0.2) is 46.9 Å². The zero-order valence-corrected chi connectivity index (χ0v) is 12.9. The number of fused-ring (bicyclic) bond motifs is 1. The number of benzene rings is 2. The van der Waals surface area contributed by atoms with Crippen molar-refractivity contribution in [1.82, 2.24) is 4.98 Å². The highest BCUT2D eigenvalue weighted by Crippen LogP contribution is 2.23. The lowest BCUT2D eigenvalue weighted by Gasteiger charge is -2.08. The van der Waals surface area contributed by atoms with Gasteiger partial charge in [0, 0.05) is 15.4 Å². The number of hydrogen-bond acceptors (Lipinski definition) is 2. The van der Waals surface area contributed by atoms with Crippen molar-refractivity contribution in [3.8, 4) is 5.75 Å². The summed E-state index contributed by atoms with van der Waals surface area (Å²) < 4.78 is 0.945. The predicted octanol–water partition coefficient (Wildman–Crippen LogP) is 2.15. The fraction of sp³-hybridized carbons (Fsp3) is 0. The van der Waals surface area contributed by atoms with Crippen molar-refractivity contribution >= 4 is 51.7 Å². The third kappa shape index (κ3) is 2.67. The maximum absolute atomic E-state index is 12.3. The first-order chi connectivity index (χ1) is 10.0. The molecule has 0 spiro atoms. The topological polar surface area (TPSA) is 65.1 Å². The lowest BCUT2D eigenvalue weighted by molar-refractivity contribution is 0.102. The first-order valence-corrected chi connectivity index (χ1v) is 7.22. The molecule has 21 heavy (non-hydrogen) atoms. The summed E-state index contributed by atoms with van der Waals surface area (Å²) in [5.41, 5.74) is 2.44. The van der Waals surface area contributed by atoms with Gasteiger partial charge in [0.2, 0.25) is 0 Å². The van der Waals surface area contributed by atoms with E-state index in [4.69, 9.17) is 0 Å². The van der Waals surface area contributed by atoms with Crippen molar-refractivity contribution in [2.45, 2.75) is 0 Å². The monoisotopic (exact) mass is 342 g/mol. The Bertz CT molecular complexity index is 845. The van der Waals surface area contributed by atoms with Crippen molar-refractivity contribution in [3.05, 3.63) is 52.6 Å². The fourth-order valence-electron chi connectivity index (χ4n) is 2.17. The molecule has 4 nitrogen and oxygen atoms in total. The Balaban J connectivity index is 1.91. The van der Waals surface area contributed by atoms with E-state index in [0.717, 1.165) is 15.4 Å². The SMILES string of the molecule is Bc1cccc(NC(=O)c2cc3ccc(Br)cc3[nH]2)c1O. The van der Waals surface area contributed by atoms with E-state index in [2.05, 4.69) is 26.2 Å². The first-order valence-electron chi connectivity index (χ1n) is 6.43. The van der Waals surface area contributed by atoms with Gasteiger partial charge in [-0.05, 0) is 29.7 Å². The summed E-state index contributed by atoms with van der Waals surface area (Å²) in [5, 5.41) is 13.6. The number of phenols is 1. The molecule has 1 aromatic heterocycles. The molecular formula is C15H12BBrN2O2. The van der Waals surface area contributed by atoms with Crippen LogP contribution >= 0.6 is 15.9 Å². The lowest BCUT2D eigenvalue weighted by atomic mass is 9.94. The maximum atomic E-state index is 12.3. The molecule has 0 bridgehead atoms. The number of nitrogens with one attached hydrogen (secondary N) is 2. The highest BCUT2D eigenvalue weighted by Gasteiger charge is 2.12. The molecule has 104 valence electrons. The molecule has 0 aliphatic rings. The van der Waals surface area contributed by atoms with Gasteiger partial charge in [0.05, 0.1) is 5.69 Å². The molecule has 3 N–H and O–H groups in total. The number of anilines is 1. The van der Waals surface area contributed by atoms with Crippen LogP contribution in [-0.4, -0.2) is 23.8 Å². The predicted molar refractivity (Wildman–Crippen MR) is 90.2 cm³/mol. The Labute approximate surface area is 130 Å². The van der Waals surface area contributed by atoms with Crippen molar-refractivity contribution in [1.29, 1.82) is 0 Å². The van der Waals surface area contributed by atoms with Gasteiger partial charge in [-0.2, -0.15) is 0 Å². The Morgan fingerprint density at radius 3 is 2.86 bits per heavy atom. The average molecular weight is 343 g/mol. The van der Waals surface area contributed by atoms with Crippen LogP contribution < -0.4 is 10.8 Å². The van der Waals surface area contributed by atoms with E-state index in [1.807, 2.05) is 18.2 Å². The number of aromatic amines is 1. The number of amides is 1. The lowest BCUT2D eigenvalue weighted by Crippen LogP contribution is -2.14. The Hall–Kier alpha value is -2.21. The highest BCUT2D eigenvalue weighted by atomic mass is 79.9. The molecule has 0 fully saturated rings. The smallest absolute Gasteiger partial charge is 0.272 e. The molecule has 0 radical (unpaired) electrons. The molecule has 1 heterocycles. The second-order valence-electron chi connectivity index (χ2n) is 4.84. The third-order valence-corrected chi connectivity index (χ3v) is 3.81. The highest BCUT2D eigenvalue weighted by molar-refractivity contribution is 9.10. The summed E-state index contributed by atoms with van der Waals surface area (Å²) in [7, 11) is 1.78. The summed E-state index contributed by atoms with van der Waals surface area (Å²) in [5.74, 6) is -0.201. The molecule has 0 saturated carbocycles. The van der Waals surface area contributed by atoms with E-state index < -0.39 is 0 Å². The molecule has 6 heteroatoms. The number of hydrogen-bond donors (Lipinski definition) is 3. The number of halogens is 1. The summed E-state index contributed by atoms with van der Waals surface area (Å²) in [6, 6.07) is 12.8. The number of rotatable bonds is 2. The molecule has 0 aliphatic carbocycles. The number of para-hydroxylation sites is 1. The van der Waals surface area contributed by atoms with E-state index in [1.165, 1.54) is 0 Å². The van der Waals surface area contributed by atoms with Crippen molar-refractivity contribution in [2.24, 2.45) is 0 Å². The van der Waals surface area contributed by atoms with Crippen molar-refractivity contribution in [2.75, 3.05) is 5.32 Å². The molecule has 2 aromatic carbocycles. The minimum atomic E-state index is -0.289.